The summed E-state index contributed by atoms with van der Waals surface area (Å²) in [7, 11) is -2.85. The molecule has 0 aliphatic heterocycles. The molecule has 2 aromatic rings. The maximum atomic E-state index is 11.8. The van der Waals surface area contributed by atoms with Gasteiger partial charge in [0.2, 0.25) is 16.8 Å². The maximum Gasteiger partial charge on any atom is 0.248 e. The lowest BCUT2D eigenvalue weighted by atomic mass is 10.2. The van der Waals surface area contributed by atoms with Gasteiger partial charge in [-0.05, 0) is 42.0 Å². The molecular weight excluding hydrogens is 340 g/mol. The minimum Gasteiger partial charge on any atom is -0.506 e. The van der Waals surface area contributed by atoms with Crippen molar-refractivity contribution in [1.82, 2.24) is 0 Å². The van der Waals surface area contributed by atoms with E-state index in [2.05, 4.69) is 10.0 Å². The molecule has 1 amide bonds. The Morgan fingerprint density at radius 1 is 1.17 bits per heavy atom. The van der Waals surface area contributed by atoms with Gasteiger partial charge in [0.1, 0.15) is 5.75 Å². The highest BCUT2D eigenvalue weighted by atomic mass is 35.5. The van der Waals surface area contributed by atoms with E-state index in [4.69, 9.17) is 11.6 Å². The Hall–Kier alpha value is -2.51. The van der Waals surface area contributed by atoms with E-state index in [0.29, 0.717) is 16.3 Å². The molecular formula is C15H13ClN2O4S. The first kappa shape index (κ1) is 16.9. The largest absolute Gasteiger partial charge is 0.506 e. The van der Waals surface area contributed by atoms with Gasteiger partial charge in [-0.3, -0.25) is 9.52 Å². The van der Waals surface area contributed by atoms with Crippen molar-refractivity contribution in [2.24, 2.45) is 0 Å². The molecule has 0 radical (unpaired) electrons. The number of rotatable bonds is 5. The van der Waals surface area contributed by atoms with Crippen LogP contribution in [0.15, 0.2) is 48.5 Å². The van der Waals surface area contributed by atoms with Crippen molar-refractivity contribution < 1.29 is 18.3 Å². The topological polar surface area (TPSA) is 95.5 Å². The van der Waals surface area contributed by atoms with Gasteiger partial charge >= 0.3 is 0 Å². The zero-order valence-electron chi connectivity index (χ0n) is 11.7. The Kier molecular flexibility index (Phi) is 5.61. The van der Waals surface area contributed by atoms with E-state index in [9.17, 15) is 18.3 Å². The molecule has 8 heteroatoms. The lowest BCUT2D eigenvalue weighted by molar-refractivity contribution is -0.111. The normalized spacial score (nSPS) is 10.9. The molecule has 0 aromatic heterocycles. The summed E-state index contributed by atoms with van der Waals surface area (Å²) in [5.74, 6) is -0.599. The average Bonchev–Trinajstić information content (AvgIpc) is 2.47. The van der Waals surface area contributed by atoms with Crippen molar-refractivity contribution in [2.75, 3.05) is 10.0 Å². The molecule has 0 aliphatic carbocycles. The van der Waals surface area contributed by atoms with Crippen LogP contribution < -0.4 is 10.0 Å². The van der Waals surface area contributed by atoms with Crippen LogP contribution in [0.5, 0.6) is 5.75 Å². The second-order valence-corrected chi connectivity index (χ2v) is 5.65. The van der Waals surface area contributed by atoms with Crippen molar-refractivity contribution in [3.8, 4) is 5.75 Å². The Morgan fingerprint density at radius 2 is 1.96 bits per heavy atom. The second-order valence-electron chi connectivity index (χ2n) is 4.48. The number of hydrogen-bond acceptors (Lipinski definition) is 4. The first-order valence-electron chi connectivity index (χ1n) is 6.43. The zero-order chi connectivity index (χ0) is 16.8. The smallest absolute Gasteiger partial charge is 0.248 e. The lowest BCUT2D eigenvalue weighted by Crippen LogP contribution is -2.07. The minimum atomic E-state index is -2.85. The molecule has 120 valence electrons. The first-order valence-corrected chi connectivity index (χ1v) is 7.98. The van der Waals surface area contributed by atoms with Crippen molar-refractivity contribution in [3.63, 3.8) is 0 Å². The van der Waals surface area contributed by atoms with Crippen LogP contribution in [0.1, 0.15) is 5.56 Å². The quantitative estimate of drug-likeness (QED) is 0.378. The monoisotopic (exact) mass is 352 g/mol. The van der Waals surface area contributed by atoms with Crippen LogP contribution in [0.2, 0.25) is 5.02 Å². The van der Waals surface area contributed by atoms with Crippen LogP contribution in [0, 0.1) is 0 Å². The molecule has 23 heavy (non-hydrogen) atoms. The summed E-state index contributed by atoms with van der Waals surface area (Å²) in [5.41, 5.74) is 1.17. The molecule has 2 rings (SSSR count). The van der Waals surface area contributed by atoms with Crippen LogP contribution in [0.3, 0.4) is 0 Å². The molecule has 0 saturated heterocycles. The molecule has 3 N–H and O–H groups in total. The number of phenols is 1. The number of halogens is 1. The molecule has 0 bridgehead atoms. The summed E-state index contributed by atoms with van der Waals surface area (Å²) in [6, 6.07) is 11.0. The summed E-state index contributed by atoms with van der Waals surface area (Å²) in [5, 5.41) is 12.8. The Bertz CT molecular complexity index is 826. The number of amides is 1. The summed E-state index contributed by atoms with van der Waals surface area (Å²) in [4.78, 5) is 11.8. The fourth-order valence-corrected chi connectivity index (χ4v) is 2.34. The highest BCUT2D eigenvalue weighted by Crippen LogP contribution is 2.24. The van der Waals surface area contributed by atoms with Crippen LogP contribution in [-0.4, -0.2) is 19.4 Å². The molecule has 0 saturated carbocycles. The SMILES string of the molecule is O=C(/C=C/c1ccc(N[SH](=O)=O)c(O)c1)Nc1cccc(Cl)c1. The van der Waals surface area contributed by atoms with E-state index in [1.165, 1.54) is 24.3 Å². The van der Waals surface area contributed by atoms with Crippen LogP contribution >= 0.6 is 11.6 Å². The van der Waals surface area contributed by atoms with E-state index < -0.39 is 10.9 Å². The summed E-state index contributed by atoms with van der Waals surface area (Å²) >= 11 is 5.82. The third kappa shape index (κ3) is 5.32. The molecule has 0 aliphatic rings. The second kappa shape index (κ2) is 7.66. The number of aromatic hydroxyl groups is 1. The van der Waals surface area contributed by atoms with E-state index in [0.717, 1.165) is 0 Å². The van der Waals surface area contributed by atoms with Gasteiger partial charge < -0.3 is 10.4 Å². The summed E-state index contributed by atoms with van der Waals surface area (Å²) in [6.45, 7) is 0. The molecule has 6 nitrogen and oxygen atoms in total. The van der Waals surface area contributed by atoms with Crippen molar-refractivity contribution >= 4 is 45.8 Å². The van der Waals surface area contributed by atoms with Crippen molar-refractivity contribution in [1.29, 1.82) is 0 Å². The van der Waals surface area contributed by atoms with Gasteiger partial charge in [0, 0.05) is 16.8 Å². The highest BCUT2D eigenvalue weighted by Gasteiger charge is 2.02. The van der Waals surface area contributed by atoms with Crippen LogP contribution in [0.4, 0.5) is 11.4 Å². The number of carbonyl (C=O) groups is 1. The molecule has 0 spiro atoms. The predicted molar refractivity (Wildman–Crippen MR) is 91.2 cm³/mol. The van der Waals surface area contributed by atoms with Gasteiger partial charge in [-0.15, -0.1) is 0 Å². The van der Waals surface area contributed by atoms with Crippen LogP contribution in [-0.2, 0) is 15.7 Å². The Morgan fingerprint density at radius 3 is 2.61 bits per heavy atom. The number of carbonyl (C=O) groups excluding carboxylic acids is 1. The fourth-order valence-electron chi connectivity index (χ4n) is 1.77. The van der Waals surface area contributed by atoms with Gasteiger partial charge in [0.15, 0.2) is 0 Å². The molecule has 0 fully saturated rings. The number of nitrogens with one attached hydrogen (secondary N) is 2. The van der Waals surface area contributed by atoms with Gasteiger partial charge in [0.25, 0.3) is 0 Å². The predicted octanol–water partition coefficient (Wildman–Crippen LogP) is 2.64. The number of thiol groups is 1. The average molecular weight is 353 g/mol. The molecule has 0 unspecified atom stereocenters. The lowest BCUT2D eigenvalue weighted by Gasteiger charge is -2.04. The van der Waals surface area contributed by atoms with Gasteiger partial charge in [0.05, 0.1) is 5.69 Å². The zero-order valence-corrected chi connectivity index (χ0v) is 13.3. The Balaban J connectivity index is 2.04. The number of anilines is 2. The fraction of sp³-hybridized carbons (Fsp3) is 0. The molecule has 2 aromatic carbocycles. The number of hydrogen-bond donors (Lipinski definition) is 4. The third-order valence-electron chi connectivity index (χ3n) is 2.75. The summed E-state index contributed by atoms with van der Waals surface area (Å²) in [6.07, 6.45) is 2.78. The standard InChI is InChI=1S/C15H13ClN2O4S/c16-11-2-1-3-12(9-11)17-15(20)7-5-10-4-6-13(14(19)8-10)18-23(21)22/h1-9,19,23H,(H,17,20)(H,18,21,22)/b7-5+. The number of benzene rings is 2. The maximum absolute atomic E-state index is 11.8. The molecule has 0 heterocycles. The van der Waals surface area contributed by atoms with Gasteiger partial charge in [-0.2, -0.15) is 0 Å². The van der Waals surface area contributed by atoms with Gasteiger partial charge in [-0.1, -0.05) is 23.7 Å². The van der Waals surface area contributed by atoms with E-state index in [-0.39, 0.29) is 17.3 Å². The van der Waals surface area contributed by atoms with Crippen molar-refractivity contribution in [3.05, 3.63) is 59.1 Å². The minimum absolute atomic E-state index is 0.0710. The van der Waals surface area contributed by atoms with E-state index in [1.54, 1.807) is 30.3 Å². The molecule has 0 atom stereocenters. The summed E-state index contributed by atoms with van der Waals surface area (Å²) < 4.78 is 23.2. The highest BCUT2D eigenvalue weighted by molar-refractivity contribution is 7.73. The van der Waals surface area contributed by atoms with E-state index >= 15 is 0 Å². The first-order chi connectivity index (χ1) is 10.9. The van der Waals surface area contributed by atoms with Crippen molar-refractivity contribution in [2.45, 2.75) is 0 Å². The number of phenolic OH excluding ortho intramolecular Hbond substituents is 1. The third-order valence-corrected chi connectivity index (χ3v) is 3.41. The van der Waals surface area contributed by atoms with Crippen LogP contribution in [0.25, 0.3) is 6.08 Å². The Labute approximate surface area is 139 Å². The van der Waals surface area contributed by atoms with Gasteiger partial charge in [-0.25, -0.2) is 8.42 Å². The van der Waals surface area contributed by atoms with E-state index in [1.807, 2.05) is 0 Å².